The summed E-state index contributed by atoms with van der Waals surface area (Å²) in [6, 6.07) is 5.61. The lowest BCUT2D eigenvalue weighted by Gasteiger charge is -2.39. The monoisotopic (exact) mass is 516 g/mol. The van der Waals surface area contributed by atoms with Crippen molar-refractivity contribution in [2.45, 2.75) is 48.3 Å². The van der Waals surface area contributed by atoms with Crippen molar-refractivity contribution in [3.8, 4) is 0 Å². The molecule has 1 N–H and O–H groups in total. The summed E-state index contributed by atoms with van der Waals surface area (Å²) < 4.78 is 3.88. The predicted molar refractivity (Wildman–Crippen MR) is 135 cm³/mol. The predicted octanol–water partition coefficient (Wildman–Crippen LogP) is 3.20. The van der Waals surface area contributed by atoms with E-state index in [9.17, 15) is 19.5 Å². The first-order chi connectivity index (χ1) is 16.8. The molecule has 1 aromatic rings. The van der Waals surface area contributed by atoms with Gasteiger partial charge >= 0.3 is 5.97 Å². The summed E-state index contributed by atoms with van der Waals surface area (Å²) in [6.45, 7) is 4.16. The van der Waals surface area contributed by atoms with Crippen LogP contribution in [-0.2, 0) is 19.1 Å². The third-order valence-corrected chi connectivity index (χ3v) is 9.72. The number of carbonyl (C=O) groups excluding carboxylic acids is 3. The normalized spacial score (nSPS) is 35.1. The maximum absolute atomic E-state index is 14.3. The van der Waals surface area contributed by atoms with E-state index in [4.69, 9.17) is 16.3 Å². The quantitative estimate of drug-likeness (QED) is 0.488. The van der Waals surface area contributed by atoms with Gasteiger partial charge in [0, 0.05) is 22.0 Å². The average molecular weight is 517 g/mol. The highest BCUT2D eigenvalue weighted by molar-refractivity contribution is 8.02. The molecule has 7 nitrogen and oxygen atoms in total. The van der Waals surface area contributed by atoms with Gasteiger partial charge in [0.25, 0.3) is 5.91 Å². The number of halogens is 1. The number of aliphatic hydroxyl groups excluding tert-OH is 1. The van der Waals surface area contributed by atoms with Gasteiger partial charge in [-0.15, -0.1) is 11.8 Å². The number of nitrogens with zero attached hydrogens (tertiary/aromatic N) is 2. The van der Waals surface area contributed by atoms with Crippen LogP contribution in [-0.4, -0.2) is 69.1 Å². The number of benzene rings is 1. The smallest absolute Gasteiger partial charge is 0.311 e. The molecule has 4 aliphatic heterocycles. The molecule has 2 fully saturated rings. The summed E-state index contributed by atoms with van der Waals surface area (Å²) >= 11 is 7.58. The third-order valence-electron chi connectivity index (χ3n) is 7.67. The van der Waals surface area contributed by atoms with E-state index in [0.29, 0.717) is 30.1 Å². The van der Waals surface area contributed by atoms with Gasteiger partial charge in [0.2, 0.25) is 5.91 Å². The molecule has 35 heavy (non-hydrogen) atoms. The third kappa shape index (κ3) is 3.64. The number of thioether (sulfide) groups is 1. The first-order valence-corrected chi connectivity index (χ1v) is 13.2. The van der Waals surface area contributed by atoms with Crippen LogP contribution in [0.25, 0.3) is 0 Å². The van der Waals surface area contributed by atoms with Gasteiger partial charge in [-0.25, -0.2) is 0 Å². The standard InChI is InChI=1S/C26H29ClN2O5S/c1-3-17(15-30)29-21-23(32)28(18-9-7-16(27)8-10-18)13-6-12-26(21)19(22(29)31)20-24(33)34-14-5-4-11-25(20,2)35-26/h4,6-12,17,19-21,30H,3,5,13-15H2,1-2H3/t17-,19-,20+,21?,25-,26-/m0/s1. The number of cyclic esters (lactones) is 1. The van der Waals surface area contributed by atoms with E-state index in [1.807, 2.05) is 38.2 Å². The number of ether oxygens (including phenoxy) is 1. The molecule has 186 valence electrons. The topological polar surface area (TPSA) is 87.2 Å². The Hall–Kier alpha value is -2.29. The van der Waals surface area contributed by atoms with E-state index in [0.717, 1.165) is 0 Å². The van der Waals surface area contributed by atoms with E-state index in [1.54, 1.807) is 34.1 Å². The van der Waals surface area contributed by atoms with Crippen molar-refractivity contribution < 1.29 is 24.2 Å². The van der Waals surface area contributed by atoms with Crippen LogP contribution in [0.1, 0.15) is 26.7 Å². The van der Waals surface area contributed by atoms with Gasteiger partial charge in [0.15, 0.2) is 0 Å². The molecule has 4 aliphatic rings. The van der Waals surface area contributed by atoms with Crippen molar-refractivity contribution in [3.05, 3.63) is 53.6 Å². The molecule has 0 saturated carbocycles. The van der Waals surface area contributed by atoms with Gasteiger partial charge in [0.1, 0.15) is 6.04 Å². The molecule has 0 bridgehead atoms. The molecule has 1 unspecified atom stereocenters. The molecule has 2 saturated heterocycles. The summed E-state index contributed by atoms with van der Waals surface area (Å²) in [7, 11) is 0. The number of amides is 2. The maximum Gasteiger partial charge on any atom is 0.311 e. The summed E-state index contributed by atoms with van der Waals surface area (Å²) in [5.41, 5.74) is 0.675. The van der Waals surface area contributed by atoms with Crippen molar-refractivity contribution in [3.63, 3.8) is 0 Å². The highest BCUT2D eigenvalue weighted by atomic mass is 35.5. The Kier molecular flexibility index (Phi) is 6.26. The van der Waals surface area contributed by atoms with Crippen LogP contribution in [0.3, 0.4) is 0 Å². The zero-order valence-corrected chi connectivity index (χ0v) is 21.3. The van der Waals surface area contributed by atoms with Gasteiger partial charge in [-0.1, -0.05) is 42.8 Å². The number of likely N-dealkylation sites (tertiary alicyclic amines) is 1. The first kappa shape index (κ1) is 24.4. The minimum atomic E-state index is -0.967. The Labute approximate surface area is 214 Å². The number of aliphatic hydroxyl groups is 1. The van der Waals surface area contributed by atoms with Crippen molar-refractivity contribution in [2.24, 2.45) is 11.8 Å². The van der Waals surface area contributed by atoms with Crippen LogP contribution in [0.5, 0.6) is 0 Å². The van der Waals surface area contributed by atoms with Crippen molar-refractivity contribution in [2.75, 3.05) is 24.7 Å². The number of fused-ring (bicyclic) bond motifs is 2. The highest BCUT2D eigenvalue weighted by Gasteiger charge is 2.74. The lowest BCUT2D eigenvalue weighted by molar-refractivity contribution is -0.154. The molecule has 6 atom stereocenters. The Morgan fingerprint density at radius 3 is 2.57 bits per heavy atom. The number of carbonyl (C=O) groups is 3. The van der Waals surface area contributed by atoms with Crippen LogP contribution in [0.15, 0.2) is 48.6 Å². The summed E-state index contributed by atoms with van der Waals surface area (Å²) in [5, 5.41) is 10.7. The van der Waals surface area contributed by atoms with Crippen molar-refractivity contribution >= 4 is 46.8 Å². The van der Waals surface area contributed by atoms with Crippen molar-refractivity contribution in [1.82, 2.24) is 4.90 Å². The lowest BCUT2D eigenvalue weighted by atomic mass is 9.74. The minimum absolute atomic E-state index is 0.234. The molecule has 2 amide bonds. The molecule has 9 heteroatoms. The number of hydrogen-bond acceptors (Lipinski definition) is 6. The van der Waals surface area contributed by atoms with Crippen LogP contribution < -0.4 is 4.90 Å². The average Bonchev–Trinajstić information content (AvgIpc) is 3.15. The van der Waals surface area contributed by atoms with Crippen LogP contribution in [0.2, 0.25) is 5.02 Å². The first-order valence-electron chi connectivity index (χ1n) is 12.0. The van der Waals surface area contributed by atoms with Crippen LogP contribution in [0, 0.1) is 11.8 Å². The fraction of sp³-hybridized carbons (Fsp3) is 0.500. The zero-order chi connectivity index (χ0) is 25.0. The molecule has 0 aliphatic carbocycles. The Balaban J connectivity index is 1.68. The van der Waals surface area contributed by atoms with Gasteiger partial charge in [-0.3, -0.25) is 14.4 Å². The van der Waals surface area contributed by atoms with E-state index < -0.39 is 39.4 Å². The summed E-state index contributed by atoms with van der Waals surface area (Å²) in [5.74, 6) is -2.43. The SMILES string of the molecule is CC[C@@H](CO)N1C(=O)[C@@H]2[C@@H]3C(=O)OCCC=C[C@]3(C)S[C@@]23C=CCN(c2ccc(Cl)cc2)C(=O)C13. The highest BCUT2D eigenvalue weighted by Crippen LogP contribution is 2.65. The van der Waals surface area contributed by atoms with Crippen LogP contribution in [0.4, 0.5) is 5.69 Å². The molecular formula is C26H29ClN2O5S. The maximum atomic E-state index is 14.3. The molecule has 5 rings (SSSR count). The largest absolute Gasteiger partial charge is 0.465 e. The molecule has 1 spiro atoms. The van der Waals surface area contributed by atoms with E-state index in [2.05, 4.69) is 0 Å². The van der Waals surface area contributed by atoms with E-state index in [1.165, 1.54) is 11.8 Å². The Morgan fingerprint density at radius 2 is 1.89 bits per heavy atom. The second-order valence-corrected chi connectivity index (χ2v) is 11.9. The molecule has 0 aromatic heterocycles. The summed E-state index contributed by atoms with van der Waals surface area (Å²) in [4.78, 5) is 44.9. The molecule has 0 radical (unpaired) electrons. The Morgan fingerprint density at radius 1 is 1.14 bits per heavy atom. The number of rotatable bonds is 4. The number of hydrogen-bond donors (Lipinski definition) is 1. The molecular weight excluding hydrogens is 488 g/mol. The van der Waals surface area contributed by atoms with Gasteiger partial charge in [-0.05, 0) is 44.0 Å². The lowest BCUT2D eigenvalue weighted by Crippen LogP contribution is -2.56. The number of anilines is 1. The summed E-state index contributed by atoms with van der Waals surface area (Å²) in [6.07, 6.45) is 8.97. The molecule has 1 aromatic carbocycles. The van der Waals surface area contributed by atoms with Gasteiger partial charge in [-0.2, -0.15) is 0 Å². The Bertz CT molecular complexity index is 1100. The fourth-order valence-electron chi connectivity index (χ4n) is 6.09. The van der Waals surface area contributed by atoms with E-state index >= 15 is 0 Å². The van der Waals surface area contributed by atoms with Crippen molar-refractivity contribution in [1.29, 1.82) is 0 Å². The number of esters is 1. The van der Waals surface area contributed by atoms with Gasteiger partial charge in [0.05, 0.1) is 35.8 Å². The van der Waals surface area contributed by atoms with Gasteiger partial charge < -0.3 is 19.6 Å². The minimum Gasteiger partial charge on any atom is -0.465 e. The molecule has 4 heterocycles. The second-order valence-electron chi connectivity index (χ2n) is 9.67. The fourth-order valence-corrected chi connectivity index (χ4v) is 8.35. The van der Waals surface area contributed by atoms with E-state index in [-0.39, 0.29) is 25.0 Å². The zero-order valence-electron chi connectivity index (χ0n) is 19.7. The second kappa shape index (κ2) is 8.98. The van der Waals surface area contributed by atoms with Crippen LogP contribution >= 0.6 is 23.4 Å².